The number of amides is 1. The molecule has 1 aliphatic heterocycles. The first-order valence-electron chi connectivity index (χ1n) is 8.07. The van der Waals surface area contributed by atoms with Crippen molar-refractivity contribution in [2.75, 3.05) is 27.2 Å². The van der Waals surface area contributed by atoms with E-state index in [1.54, 1.807) is 12.1 Å². The maximum atomic E-state index is 12.8. The Bertz CT molecular complexity index is 716. The molecule has 0 aliphatic carbocycles. The molecular formula is C18H22ClN3O. The molecule has 1 aliphatic rings. The Morgan fingerprint density at radius 2 is 2.04 bits per heavy atom. The van der Waals surface area contributed by atoms with Gasteiger partial charge < -0.3 is 9.80 Å². The fourth-order valence-electron chi connectivity index (χ4n) is 3.19. The average Bonchev–Trinajstić information content (AvgIpc) is 2.80. The number of nitrogens with zero attached hydrogens (tertiary/aromatic N) is 3. The summed E-state index contributed by atoms with van der Waals surface area (Å²) in [5, 5.41) is 1.54. The van der Waals surface area contributed by atoms with E-state index < -0.39 is 0 Å². The van der Waals surface area contributed by atoms with Crippen molar-refractivity contribution >= 4 is 28.4 Å². The Morgan fingerprint density at radius 3 is 2.83 bits per heavy atom. The molecule has 23 heavy (non-hydrogen) atoms. The number of fused-ring (bicyclic) bond motifs is 1. The Kier molecular flexibility index (Phi) is 4.83. The van der Waals surface area contributed by atoms with Gasteiger partial charge >= 0.3 is 0 Å². The highest BCUT2D eigenvalue weighted by molar-refractivity contribution is 6.35. The van der Waals surface area contributed by atoms with Crippen LogP contribution in [0.15, 0.2) is 30.3 Å². The number of hydrogen-bond donors (Lipinski definition) is 0. The van der Waals surface area contributed by atoms with Crippen molar-refractivity contribution < 1.29 is 4.79 Å². The van der Waals surface area contributed by atoms with E-state index >= 15 is 0 Å². The lowest BCUT2D eigenvalue weighted by Gasteiger charge is -2.23. The van der Waals surface area contributed by atoms with E-state index in [4.69, 9.17) is 11.6 Å². The number of pyridine rings is 1. The van der Waals surface area contributed by atoms with Gasteiger partial charge in [0.15, 0.2) is 0 Å². The van der Waals surface area contributed by atoms with Gasteiger partial charge in [0.05, 0.1) is 10.5 Å². The Balaban J connectivity index is 1.81. The second-order valence-electron chi connectivity index (χ2n) is 6.35. The summed E-state index contributed by atoms with van der Waals surface area (Å²) in [6, 6.07) is 9.92. The fourth-order valence-corrected chi connectivity index (χ4v) is 3.41. The zero-order valence-corrected chi connectivity index (χ0v) is 14.4. The smallest absolute Gasteiger partial charge is 0.272 e. The van der Waals surface area contributed by atoms with Crippen molar-refractivity contribution in [2.24, 2.45) is 0 Å². The highest BCUT2D eigenvalue weighted by Crippen LogP contribution is 2.22. The van der Waals surface area contributed by atoms with Crippen LogP contribution >= 0.6 is 11.6 Å². The minimum absolute atomic E-state index is 0.00576. The molecule has 5 heteroatoms. The number of aromatic nitrogens is 1. The van der Waals surface area contributed by atoms with E-state index in [0.717, 1.165) is 37.7 Å². The molecule has 0 bridgehead atoms. The number of rotatable bonds is 2. The maximum Gasteiger partial charge on any atom is 0.272 e. The van der Waals surface area contributed by atoms with Crippen molar-refractivity contribution in [2.45, 2.75) is 25.3 Å². The standard InChI is InChI=1S/C18H22ClN3O/c1-21(2)14-6-4-11-22(12-10-14)18(23)16-9-8-13-5-3-7-15(19)17(13)20-16/h3,5,7-9,14H,4,6,10-12H2,1-2H3. The Labute approximate surface area is 142 Å². The largest absolute Gasteiger partial charge is 0.337 e. The summed E-state index contributed by atoms with van der Waals surface area (Å²) in [6.45, 7) is 1.58. The van der Waals surface area contributed by atoms with E-state index in [0.29, 0.717) is 22.3 Å². The number of hydrogen-bond acceptors (Lipinski definition) is 3. The fraction of sp³-hybridized carbons (Fsp3) is 0.444. The summed E-state index contributed by atoms with van der Waals surface area (Å²) in [5.74, 6) is 0.00576. The van der Waals surface area contributed by atoms with Crippen molar-refractivity contribution in [1.82, 2.24) is 14.8 Å². The van der Waals surface area contributed by atoms with Gasteiger partial charge in [-0.05, 0) is 45.5 Å². The van der Waals surface area contributed by atoms with E-state index in [-0.39, 0.29) is 5.91 Å². The lowest BCUT2D eigenvalue weighted by molar-refractivity contribution is 0.0753. The first kappa shape index (κ1) is 16.2. The van der Waals surface area contributed by atoms with Crippen molar-refractivity contribution in [3.05, 3.63) is 41.0 Å². The first-order chi connectivity index (χ1) is 11.1. The number of likely N-dealkylation sites (tertiary alicyclic amines) is 1. The van der Waals surface area contributed by atoms with Crippen molar-refractivity contribution in [3.63, 3.8) is 0 Å². The molecule has 2 heterocycles. The molecule has 1 unspecified atom stereocenters. The van der Waals surface area contributed by atoms with Crippen LogP contribution in [0.1, 0.15) is 29.8 Å². The second-order valence-corrected chi connectivity index (χ2v) is 6.76. The van der Waals surface area contributed by atoms with Crippen LogP contribution in [-0.4, -0.2) is 53.9 Å². The van der Waals surface area contributed by atoms with Gasteiger partial charge in [-0.15, -0.1) is 0 Å². The molecule has 1 fully saturated rings. The van der Waals surface area contributed by atoms with Crippen LogP contribution in [0.4, 0.5) is 0 Å². The second kappa shape index (κ2) is 6.85. The van der Waals surface area contributed by atoms with E-state index in [9.17, 15) is 4.79 Å². The van der Waals surface area contributed by atoms with Crippen LogP contribution in [0.5, 0.6) is 0 Å². The number of para-hydroxylation sites is 1. The maximum absolute atomic E-state index is 12.8. The molecule has 1 amide bonds. The number of halogens is 1. The minimum Gasteiger partial charge on any atom is -0.337 e. The highest BCUT2D eigenvalue weighted by Gasteiger charge is 2.23. The predicted octanol–water partition coefficient (Wildman–Crippen LogP) is 3.44. The predicted molar refractivity (Wildman–Crippen MR) is 94.0 cm³/mol. The van der Waals surface area contributed by atoms with Gasteiger partial charge in [-0.3, -0.25) is 4.79 Å². The van der Waals surface area contributed by atoms with E-state index in [2.05, 4.69) is 24.0 Å². The summed E-state index contributed by atoms with van der Waals surface area (Å²) in [6.07, 6.45) is 3.17. The Hall–Kier alpha value is -1.65. The van der Waals surface area contributed by atoms with Gasteiger partial charge in [0.2, 0.25) is 0 Å². The molecule has 1 aromatic carbocycles. The quantitative estimate of drug-likeness (QED) is 0.845. The summed E-state index contributed by atoms with van der Waals surface area (Å²) in [7, 11) is 4.21. The topological polar surface area (TPSA) is 36.4 Å². The van der Waals surface area contributed by atoms with Gasteiger partial charge in [0.25, 0.3) is 5.91 Å². The van der Waals surface area contributed by atoms with Crippen LogP contribution in [-0.2, 0) is 0 Å². The molecule has 3 rings (SSSR count). The highest BCUT2D eigenvalue weighted by atomic mass is 35.5. The summed E-state index contributed by atoms with van der Waals surface area (Å²) in [4.78, 5) is 21.5. The zero-order chi connectivity index (χ0) is 16.4. The molecule has 0 saturated carbocycles. The molecule has 1 atom stereocenters. The summed E-state index contributed by atoms with van der Waals surface area (Å²) in [5.41, 5.74) is 1.18. The number of benzene rings is 1. The normalized spacial score (nSPS) is 19.1. The third-order valence-electron chi connectivity index (χ3n) is 4.61. The monoisotopic (exact) mass is 331 g/mol. The van der Waals surface area contributed by atoms with Crippen molar-refractivity contribution in [3.8, 4) is 0 Å². The molecule has 4 nitrogen and oxygen atoms in total. The minimum atomic E-state index is 0.00576. The van der Waals surface area contributed by atoms with Gasteiger partial charge in [0.1, 0.15) is 5.69 Å². The number of carbonyl (C=O) groups excluding carboxylic acids is 1. The van der Waals surface area contributed by atoms with Crippen molar-refractivity contribution in [1.29, 1.82) is 0 Å². The van der Waals surface area contributed by atoms with Gasteiger partial charge in [0, 0.05) is 24.5 Å². The van der Waals surface area contributed by atoms with Crippen LogP contribution in [0.25, 0.3) is 10.9 Å². The molecule has 0 spiro atoms. The first-order valence-corrected chi connectivity index (χ1v) is 8.45. The third kappa shape index (κ3) is 3.48. The number of carbonyl (C=O) groups is 1. The third-order valence-corrected chi connectivity index (χ3v) is 4.91. The van der Waals surface area contributed by atoms with E-state index in [1.807, 2.05) is 23.1 Å². The van der Waals surface area contributed by atoms with Gasteiger partial charge in [-0.2, -0.15) is 0 Å². The van der Waals surface area contributed by atoms with Gasteiger partial charge in [-0.25, -0.2) is 4.98 Å². The molecule has 122 valence electrons. The average molecular weight is 332 g/mol. The summed E-state index contributed by atoms with van der Waals surface area (Å²) < 4.78 is 0. The zero-order valence-electron chi connectivity index (χ0n) is 13.6. The Morgan fingerprint density at radius 1 is 1.22 bits per heavy atom. The summed E-state index contributed by atoms with van der Waals surface area (Å²) >= 11 is 6.21. The van der Waals surface area contributed by atoms with E-state index in [1.165, 1.54) is 0 Å². The lowest BCUT2D eigenvalue weighted by atomic mass is 10.1. The molecule has 1 saturated heterocycles. The van der Waals surface area contributed by atoms with Crippen LogP contribution in [0.3, 0.4) is 0 Å². The van der Waals surface area contributed by atoms with Crippen LogP contribution < -0.4 is 0 Å². The molecule has 1 aromatic heterocycles. The molecule has 2 aromatic rings. The SMILES string of the molecule is CN(C)C1CCCN(C(=O)c2ccc3cccc(Cl)c3n2)CC1. The molecular weight excluding hydrogens is 310 g/mol. The lowest BCUT2D eigenvalue weighted by Crippen LogP contribution is -2.34. The van der Waals surface area contributed by atoms with Crippen LogP contribution in [0.2, 0.25) is 5.02 Å². The van der Waals surface area contributed by atoms with Gasteiger partial charge in [-0.1, -0.05) is 29.8 Å². The van der Waals surface area contributed by atoms with Crippen LogP contribution in [0, 0.1) is 0 Å². The molecule has 0 N–H and O–H groups in total. The molecule has 0 radical (unpaired) electrons.